The molecule has 1 saturated carbocycles. The number of hydrogen-bond acceptors (Lipinski definition) is 2. The minimum absolute atomic E-state index is 0.462. The van der Waals surface area contributed by atoms with Crippen LogP contribution in [0.25, 0.3) is 0 Å². The van der Waals surface area contributed by atoms with Gasteiger partial charge in [-0.1, -0.05) is 6.92 Å². The molecule has 0 saturated heterocycles. The Morgan fingerprint density at radius 3 is 2.57 bits per heavy atom. The molecule has 0 aromatic carbocycles. The quantitative estimate of drug-likeness (QED) is 0.810. The van der Waals surface area contributed by atoms with E-state index in [-0.39, 0.29) is 0 Å². The Morgan fingerprint density at radius 2 is 2.07 bits per heavy atom. The van der Waals surface area contributed by atoms with E-state index >= 15 is 0 Å². The second-order valence-electron chi connectivity index (χ2n) is 4.53. The van der Waals surface area contributed by atoms with Crippen LogP contribution in [-0.4, -0.2) is 10.7 Å². The lowest BCUT2D eigenvalue weighted by atomic mass is 9.95. The third-order valence-corrected chi connectivity index (χ3v) is 4.28. The molecule has 2 heteroatoms. The second kappa shape index (κ2) is 3.67. The normalized spacial score (nSPS) is 20.8. The molecular formula is C12H18OS. The van der Waals surface area contributed by atoms with E-state index in [1.165, 1.54) is 22.6 Å². The van der Waals surface area contributed by atoms with Gasteiger partial charge in [0.1, 0.15) is 0 Å². The fraction of sp³-hybridized carbons (Fsp3) is 0.667. The molecule has 1 fully saturated rings. The Hall–Kier alpha value is -0.340. The van der Waals surface area contributed by atoms with Gasteiger partial charge in [0.2, 0.25) is 0 Å². The lowest BCUT2D eigenvalue weighted by Crippen LogP contribution is -2.29. The van der Waals surface area contributed by atoms with Crippen LogP contribution < -0.4 is 0 Å². The zero-order chi connectivity index (χ0) is 10.2. The summed E-state index contributed by atoms with van der Waals surface area (Å²) in [6, 6.07) is 4.35. The average Bonchev–Trinajstić information content (AvgIpc) is 2.89. The van der Waals surface area contributed by atoms with Crippen LogP contribution in [0.15, 0.2) is 12.1 Å². The molecule has 1 unspecified atom stereocenters. The van der Waals surface area contributed by atoms with E-state index < -0.39 is 5.60 Å². The summed E-state index contributed by atoms with van der Waals surface area (Å²) < 4.78 is 0. The molecule has 0 bridgehead atoms. The van der Waals surface area contributed by atoms with Gasteiger partial charge in [0.15, 0.2) is 0 Å². The number of aliphatic hydroxyl groups is 1. The predicted molar refractivity (Wildman–Crippen MR) is 60.7 cm³/mol. The molecule has 1 aromatic rings. The van der Waals surface area contributed by atoms with Crippen LogP contribution in [0.4, 0.5) is 0 Å². The van der Waals surface area contributed by atoms with Crippen molar-refractivity contribution in [1.82, 2.24) is 0 Å². The minimum atomic E-state index is -0.462. The van der Waals surface area contributed by atoms with E-state index in [1.54, 1.807) is 0 Å². The van der Waals surface area contributed by atoms with E-state index in [0.29, 0.717) is 5.92 Å². The largest absolute Gasteiger partial charge is 0.390 e. The van der Waals surface area contributed by atoms with Crippen molar-refractivity contribution in [3.8, 4) is 0 Å². The number of aryl methyl sites for hydroxylation is 1. The van der Waals surface area contributed by atoms with Crippen molar-refractivity contribution in [3.05, 3.63) is 21.9 Å². The Bertz CT molecular complexity index is 310. The molecule has 1 atom stereocenters. The van der Waals surface area contributed by atoms with Gasteiger partial charge in [0.25, 0.3) is 0 Å². The summed E-state index contributed by atoms with van der Waals surface area (Å²) in [7, 11) is 0. The topological polar surface area (TPSA) is 20.2 Å². The second-order valence-corrected chi connectivity index (χ2v) is 5.78. The van der Waals surface area contributed by atoms with Crippen molar-refractivity contribution in [3.63, 3.8) is 0 Å². The summed E-state index contributed by atoms with van der Waals surface area (Å²) in [6.07, 6.45) is 4.36. The van der Waals surface area contributed by atoms with Crippen molar-refractivity contribution in [2.75, 3.05) is 0 Å². The molecule has 0 aliphatic heterocycles. The van der Waals surface area contributed by atoms with Crippen LogP contribution in [-0.2, 0) is 12.8 Å². The fourth-order valence-corrected chi connectivity index (χ4v) is 3.03. The van der Waals surface area contributed by atoms with Crippen LogP contribution in [0.1, 0.15) is 36.4 Å². The van der Waals surface area contributed by atoms with Crippen molar-refractivity contribution in [1.29, 1.82) is 0 Å². The first kappa shape index (κ1) is 10.2. The first-order valence-electron chi connectivity index (χ1n) is 5.42. The Morgan fingerprint density at radius 1 is 1.43 bits per heavy atom. The third kappa shape index (κ3) is 2.18. The monoisotopic (exact) mass is 210 g/mol. The van der Waals surface area contributed by atoms with Crippen molar-refractivity contribution in [2.45, 2.75) is 45.1 Å². The predicted octanol–water partition coefficient (Wildman–Crippen LogP) is 3.01. The van der Waals surface area contributed by atoms with Crippen molar-refractivity contribution >= 4 is 11.3 Å². The van der Waals surface area contributed by atoms with Crippen molar-refractivity contribution < 1.29 is 5.11 Å². The van der Waals surface area contributed by atoms with Crippen LogP contribution in [0.2, 0.25) is 0 Å². The number of thiophene rings is 1. The van der Waals surface area contributed by atoms with Crippen LogP contribution in [0.5, 0.6) is 0 Å². The van der Waals surface area contributed by atoms with Gasteiger partial charge < -0.3 is 5.11 Å². The molecule has 1 nitrogen and oxygen atoms in total. The van der Waals surface area contributed by atoms with E-state index in [4.69, 9.17) is 0 Å². The Kier molecular flexibility index (Phi) is 2.67. The van der Waals surface area contributed by atoms with Gasteiger partial charge in [-0.05, 0) is 44.2 Å². The van der Waals surface area contributed by atoms with Gasteiger partial charge in [-0.3, -0.25) is 0 Å². The van der Waals surface area contributed by atoms with E-state index in [1.807, 2.05) is 18.3 Å². The van der Waals surface area contributed by atoms with Gasteiger partial charge in [0.05, 0.1) is 5.60 Å². The van der Waals surface area contributed by atoms with E-state index in [2.05, 4.69) is 19.1 Å². The zero-order valence-corrected chi connectivity index (χ0v) is 9.73. The summed E-state index contributed by atoms with van der Waals surface area (Å²) in [5, 5.41) is 10.2. The highest BCUT2D eigenvalue weighted by molar-refractivity contribution is 7.12. The summed E-state index contributed by atoms with van der Waals surface area (Å²) in [4.78, 5) is 2.75. The maximum atomic E-state index is 10.2. The van der Waals surface area contributed by atoms with Crippen LogP contribution in [0.3, 0.4) is 0 Å². The molecule has 1 aromatic heterocycles. The van der Waals surface area contributed by atoms with Gasteiger partial charge in [-0.25, -0.2) is 0 Å². The first-order valence-corrected chi connectivity index (χ1v) is 6.23. The minimum Gasteiger partial charge on any atom is -0.390 e. The van der Waals surface area contributed by atoms with Gasteiger partial charge in [-0.2, -0.15) is 0 Å². The fourth-order valence-electron chi connectivity index (χ4n) is 1.91. The maximum Gasteiger partial charge on any atom is 0.0695 e. The molecule has 78 valence electrons. The summed E-state index contributed by atoms with van der Waals surface area (Å²) in [5.41, 5.74) is -0.462. The zero-order valence-electron chi connectivity index (χ0n) is 8.92. The highest BCUT2D eigenvalue weighted by Gasteiger charge is 2.39. The highest BCUT2D eigenvalue weighted by Crippen LogP contribution is 2.41. The molecular weight excluding hydrogens is 192 g/mol. The van der Waals surface area contributed by atoms with Gasteiger partial charge in [-0.15, -0.1) is 11.3 Å². The molecule has 1 N–H and O–H groups in total. The van der Waals surface area contributed by atoms with Crippen molar-refractivity contribution in [2.24, 2.45) is 5.92 Å². The summed E-state index contributed by atoms with van der Waals surface area (Å²) >= 11 is 1.84. The van der Waals surface area contributed by atoms with E-state index in [0.717, 1.165) is 12.8 Å². The number of hydrogen-bond donors (Lipinski definition) is 1. The lowest BCUT2D eigenvalue weighted by Gasteiger charge is -2.21. The summed E-state index contributed by atoms with van der Waals surface area (Å²) in [6.45, 7) is 4.16. The SMILES string of the molecule is CCc1ccc(CC(C)(O)C2CC2)s1. The summed E-state index contributed by atoms with van der Waals surface area (Å²) in [5.74, 6) is 0.551. The average molecular weight is 210 g/mol. The molecule has 0 radical (unpaired) electrons. The molecule has 1 aliphatic carbocycles. The Balaban J connectivity index is 2.02. The smallest absolute Gasteiger partial charge is 0.0695 e. The first-order chi connectivity index (χ1) is 6.62. The molecule has 1 aliphatic rings. The molecule has 14 heavy (non-hydrogen) atoms. The van der Waals surface area contributed by atoms with Gasteiger partial charge >= 0.3 is 0 Å². The lowest BCUT2D eigenvalue weighted by molar-refractivity contribution is 0.0380. The number of rotatable bonds is 4. The molecule has 0 amide bonds. The molecule has 1 heterocycles. The Labute approximate surface area is 89.8 Å². The third-order valence-electron chi connectivity index (χ3n) is 3.05. The maximum absolute atomic E-state index is 10.2. The van der Waals surface area contributed by atoms with E-state index in [9.17, 15) is 5.11 Å². The van der Waals surface area contributed by atoms with Gasteiger partial charge in [0, 0.05) is 16.2 Å². The van der Waals surface area contributed by atoms with Crippen LogP contribution >= 0.6 is 11.3 Å². The molecule has 0 spiro atoms. The standard InChI is InChI=1S/C12H18OS/c1-3-10-6-7-11(14-10)8-12(2,13)9-4-5-9/h6-7,9,13H,3-5,8H2,1-2H3. The molecule has 2 rings (SSSR count). The van der Waals surface area contributed by atoms with Crippen LogP contribution in [0, 0.1) is 5.92 Å². The highest BCUT2D eigenvalue weighted by atomic mass is 32.1.